The van der Waals surface area contributed by atoms with Gasteiger partial charge in [-0.05, 0) is 55.5 Å². The molecular weight excluding hydrogens is 461 g/mol. The molecule has 0 bridgehead atoms. The lowest BCUT2D eigenvalue weighted by Crippen LogP contribution is -2.39. The Bertz CT molecular complexity index is 1380. The fraction of sp³-hybridized carbons (Fsp3) is 0.333. The van der Waals surface area contributed by atoms with Gasteiger partial charge in [-0.2, -0.15) is 4.98 Å². The van der Waals surface area contributed by atoms with E-state index in [2.05, 4.69) is 30.4 Å². The SMILES string of the molecule is CC(=O)N[C@H]1CC[C@@H](Nc2nc(OC(F)(F)F)c3c(-c4ccc5ncccc5c4)ccn3n2)CC1. The Morgan fingerprint density at radius 3 is 2.63 bits per heavy atom. The maximum atomic E-state index is 13.3. The van der Waals surface area contributed by atoms with Gasteiger partial charge in [-0.1, -0.05) is 12.1 Å². The molecule has 3 heterocycles. The van der Waals surface area contributed by atoms with Crippen LogP contribution in [0.2, 0.25) is 0 Å². The zero-order valence-corrected chi connectivity index (χ0v) is 18.8. The molecular formula is C24H23F3N6O2. The second-order valence-corrected chi connectivity index (χ2v) is 8.62. The molecule has 8 nitrogen and oxygen atoms in total. The van der Waals surface area contributed by atoms with Crippen molar-refractivity contribution >= 4 is 28.3 Å². The number of alkyl halides is 3. The summed E-state index contributed by atoms with van der Waals surface area (Å²) in [5, 5.41) is 11.3. The first-order chi connectivity index (χ1) is 16.7. The zero-order chi connectivity index (χ0) is 24.6. The highest BCUT2D eigenvalue weighted by molar-refractivity contribution is 5.90. The predicted octanol–water partition coefficient (Wildman–Crippen LogP) is 4.70. The number of carbonyl (C=O) groups is 1. The molecule has 182 valence electrons. The number of fused-ring (bicyclic) bond motifs is 2. The summed E-state index contributed by atoms with van der Waals surface area (Å²) in [6, 6.07) is 10.9. The number of anilines is 1. The molecule has 0 aliphatic heterocycles. The lowest BCUT2D eigenvalue weighted by atomic mass is 9.91. The average molecular weight is 484 g/mol. The number of nitrogens with zero attached hydrogens (tertiary/aromatic N) is 4. The minimum absolute atomic E-state index is 0.0285. The molecule has 3 aromatic heterocycles. The summed E-state index contributed by atoms with van der Waals surface area (Å²) < 4.78 is 45.6. The number of pyridine rings is 1. The lowest BCUT2D eigenvalue weighted by molar-refractivity contribution is -0.275. The highest BCUT2D eigenvalue weighted by atomic mass is 19.4. The van der Waals surface area contributed by atoms with Crippen molar-refractivity contribution in [3.63, 3.8) is 0 Å². The molecule has 0 saturated heterocycles. The molecule has 5 rings (SSSR count). The quantitative estimate of drug-likeness (QED) is 0.427. The van der Waals surface area contributed by atoms with E-state index in [1.807, 2.05) is 18.2 Å². The van der Waals surface area contributed by atoms with Gasteiger partial charge in [0.2, 0.25) is 11.9 Å². The zero-order valence-electron chi connectivity index (χ0n) is 18.8. The number of aromatic nitrogens is 4. The molecule has 1 aliphatic rings. The van der Waals surface area contributed by atoms with Gasteiger partial charge in [-0.3, -0.25) is 9.78 Å². The van der Waals surface area contributed by atoms with Crippen LogP contribution in [0.4, 0.5) is 19.1 Å². The number of ether oxygens (including phenoxy) is 1. The fourth-order valence-corrected chi connectivity index (χ4v) is 4.56. The van der Waals surface area contributed by atoms with Gasteiger partial charge in [0.15, 0.2) is 0 Å². The normalized spacial score (nSPS) is 18.5. The molecule has 0 spiro atoms. The van der Waals surface area contributed by atoms with E-state index in [0.29, 0.717) is 11.1 Å². The summed E-state index contributed by atoms with van der Waals surface area (Å²) >= 11 is 0. The van der Waals surface area contributed by atoms with Gasteiger partial charge in [-0.25, -0.2) is 4.52 Å². The summed E-state index contributed by atoms with van der Waals surface area (Å²) in [6.07, 6.45) is 1.32. The first-order valence-electron chi connectivity index (χ1n) is 11.3. The van der Waals surface area contributed by atoms with Crippen molar-refractivity contribution in [1.82, 2.24) is 24.9 Å². The van der Waals surface area contributed by atoms with Crippen LogP contribution in [0.5, 0.6) is 5.88 Å². The minimum atomic E-state index is -4.92. The van der Waals surface area contributed by atoms with Gasteiger partial charge in [-0.15, -0.1) is 18.3 Å². The Balaban J connectivity index is 1.47. The third-order valence-corrected chi connectivity index (χ3v) is 6.07. The number of nitrogens with one attached hydrogen (secondary N) is 2. The highest BCUT2D eigenvalue weighted by Crippen LogP contribution is 2.35. The van der Waals surface area contributed by atoms with Gasteiger partial charge in [0, 0.05) is 42.4 Å². The molecule has 0 unspecified atom stereocenters. The summed E-state index contributed by atoms with van der Waals surface area (Å²) in [7, 11) is 0. The largest absolute Gasteiger partial charge is 0.574 e. The number of hydrogen-bond donors (Lipinski definition) is 2. The topological polar surface area (TPSA) is 93.4 Å². The van der Waals surface area contributed by atoms with Crippen LogP contribution >= 0.6 is 0 Å². The van der Waals surface area contributed by atoms with Gasteiger partial charge < -0.3 is 15.4 Å². The molecule has 1 saturated carbocycles. The molecule has 1 amide bonds. The van der Waals surface area contributed by atoms with Gasteiger partial charge in [0.1, 0.15) is 5.52 Å². The van der Waals surface area contributed by atoms with Crippen molar-refractivity contribution in [3.8, 4) is 17.0 Å². The second-order valence-electron chi connectivity index (χ2n) is 8.62. The maximum Gasteiger partial charge on any atom is 0.574 e. The number of amides is 1. The third kappa shape index (κ3) is 5.13. The number of halogens is 3. The molecule has 0 radical (unpaired) electrons. The van der Waals surface area contributed by atoms with E-state index in [-0.39, 0.29) is 29.5 Å². The monoisotopic (exact) mass is 484 g/mol. The van der Waals surface area contributed by atoms with Crippen molar-refractivity contribution in [2.24, 2.45) is 0 Å². The summed E-state index contributed by atoms with van der Waals surface area (Å²) in [5.41, 5.74) is 2.10. The van der Waals surface area contributed by atoms with Crippen LogP contribution in [0.1, 0.15) is 32.6 Å². The van der Waals surface area contributed by atoms with Crippen molar-refractivity contribution in [2.45, 2.75) is 51.1 Å². The maximum absolute atomic E-state index is 13.3. The van der Waals surface area contributed by atoms with Crippen LogP contribution < -0.4 is 15.4 Å². The minimum Gasteiger partial charge on any atom is -0.385 e. The van der Waals surface area contributed by atoms with Crippen molar-refractivity contribution < 1.29 is 22.7 Å². The van der Waals surface area contributed by atoms with Crippen LogP contribution in [-0.2, 0) is 4.79 Å². The number of carbonyl (C=O) groups excluding carboxylic acids is 1. The highest BCUT2D eigenvalue weighted by Gasteiger charge is 2.34. The number of rotatable bonds is 5. The van der Waals surface area contributed by atoms with Crippen molar-refractivity contribution in [1.29, 1.82) is 0 Å². The Morgan fingerprint density at radius 2 is 1.89 bits per heavy atom. The second kappa shape index (κ2) is 9.05. The van der Waals surface area contributed by atoms with Gasteiger partial charge in [0.25, 0.3) is 5.88 Å². The van der Waals surface area contributed by atoms with Crippen LogP contribution in [0.25, 0.3) is 27.5 Å². The molecule has 4 aromatic rings. The molecule has 1 aromatic carbocycles. The van der Waals surface area contributed by atoms with Crippen LogP contribution in [0.15, 0.2) is 48.8 Å². The Morgan fingerprint density at radius 1 is 1.11 bits per heavy atom. The lowest BCUT2D eigenvalue weighted by Gasteiger charge is -2.29. The van der Waals surface area contributed by atoms with Crippen LogP contribution in [0.3, 0.4) is 0 Å². The standard InChI is InChI=1S/C24H23F3N6O2/c1-14(34)29-17-5-7-18(8-6-17)30-23-31-22(35-24(25,26)27)21-19(10-12-33(21)32-23)15-4-9-20-16(13-15)3-2-11-28-20/h2-4,9-13,17-18H,5-8H2,1H3,(H,29,34)(H,30,32)/t17-,18+. The van der Waals surface area contributed by atoms with E-state index in [1.54, 1.807) is 30.6 Å². The summed E-state index contributed by atoms with van der Waals surface area (Å²) in [5.74, 6) is -0.604. The molecule has 2 N–H and O–H groups in total. The molecule has 1 fully saturated rings. The Labute approximate surface area is 198 Å². The summed E-state index contributed by atoms with van der Waals surface area (Å²) in [4.78, 5) is 19.7. The first kappa shape index (κ1) is 22.9. The van der Waals surface area contributed by atoms with Crippen molar-refractivity contribution in [3.05, 3.63) is 48.8 Å². The van der Waals surface area contributed by atoms with Crippen LogP contribution in [-0.4, -0.2) is 43.9 Å². The third-order valence-electron chi connectivity index (χ3n) is 6.07. The average Bonchev–Trinajstić information content (AvgIpc) is 3.23. The number of hydrogen-bond acceptors (Lipinski definition) is 6. The molecule has 11 heteroatoms. The van der Waals surface area contributed by atoms with E-state index in [0.717, 1.165) is 36.6 Å². The van der Waals surface area contributed by atoms with E-state index in [1.165, 1.54) is 11.4 Å². The Kier molecular flexibility index (Phi) is 5.91. The summed E-state index contributed by atoms with van der Waals surface area (Å²) in [6.45, 7) is 1.48. The van der Waals surface area contributed by atoms with Crippen molar-refractivity contribution in [2.75, 3.05) is 5.32 Å². The first-order valence-corrected chi connectivity index (χ1v) is 11.3. The van der Waals surface area contributed by atoms with Crippen LogP contribution in [0, 0.1) is 0 Å². The van der Waals surface area contributed by atoms with Gasteiger partial charge >= 0.3 is 6.36 Å². The fourth-order valence-electron chi connectivity index (χ4n) is 4.56. The van der Waals surface area contributed by atoms with E-state index < -0.39 is 12.2 Å². The number of benzene rings is 1. The van der Waals surface area contributed by atoms with E-state index >= 15 is 0 Å². The van der Waals surface area contributed by atoms with Gasteiger partial charge in [0.05, 0.1) is 5.52 Å². The molecule has 35 heavy (non-hydrogen) atoms. The van der Waals surface area contributed by atoms with E-state index in [4.69, 9.17) is 0 Å². The van der Waals surface area contributed by atoms with E-state index in [9.17, 15) is 18.0 Å². The molecule has 0 atom stereocenters. The molecule has 1 aliphatic carbocycles. The smallest absolute Gasteiger partial charge is 0.385 e. The Hall–Kier alpha value is -3.89. The predicted molar refractivity (Wildman–Crippen MR) is 124 cm³/mol.